The minimum absolute atomic E-state index is 0.0211. The molecule has 0 saturated carbocycles. The minimum Gasteiger partial charge on any atom is -0.490 e. The van der Waals surface area contributed by atoms with Crippen LogP contribution in [0.5, 0.6) is 5.75 Å². The average Bonchev–Trinajstić information content (AvgIpc) is 3.59. The summed E-state index contributed by atoms with van der Waals surface area (Å²) in [5.41, 5.74) is 3.85. The van der Waals surface area contributed by atoms with Gasteiger partial charge in [-0.05, 0) is 38.2 Å². The first-order chi connectivity index (χ1) is 18.0. The zero-order valence-corrected chi connectivity index (χ0v) is 20.3. The number of likely N-dealkylation sites (N-methyl/N-ethyl adjacent to an activating group) is 1. The molecule has 0 unspecified atom stereocenters. The van der Waals surface area contributed by atoms with Crippen LogP contribution < -0.4 is 15.9 Å². The van der Waals surface area contributed by atoms with E-state index in [1.807, 2.05) is 36.7 Å². The fourth-order valence-corrected chi connectivity index (χ4v) is 3.75. The van der Waals surface area contributed by atoms with E-state index in [1.54, 1.807) is 24.5 Å². The van der Waals surface area contributed by atoms with Gasteiger partial charge in [-0.1, -0.05) is 0 Å². The minimum atomic E-state index is -0.528. The highest BCUT2D eigenvalue weighted by Crippen LogP contribution is 2.29. The number of pyridine rings is 2. The first kappa shape index (κ1) is 24.0. The molecular weight excluding hydrogens is 474 g/mol. The van der Waals surface area contributed by atoms with Crippen LogP contribution in [-0.4, -0.2) is 60.4 Å². The highest BCUT2D eigenvalue weighted by Gasteiger charge is 2.22. The molecule has 0 atom stereocenters. The summed E-state index contributed by atoms with van der Waals surface area (Å²) in [4.78, 5) is 35.3. The number of oxazole rings is 1. The van der Waals surface area contributed by atoms with Gasteiger partial charge in [-0.15, -0.1) is 0 Å². The number of imidazole rings is 1. The van der Waals surface area contributed by atoms with E-state index < -0.39 is 5.91 Å². The lowest BCUT2D eigenvalue weighted by molar-refractivity contribution is 0.0733. The van der Waals surface area contributed by atoms with Crippen LogP contribution in [0.3, 0.4) is 0 Å². The standard InChI is InChI=1S/C25H25N9O3/c1-16-12-30-21-6-5-17(14-33(16)21)22-23(24-29-9-11-37-24)31-13-18(32-22)25(35)34(26)15-19-20(4-3-7-28-19)36-10-8-27-2/h3-7,9,11-14,27H,8,10,15,26H2,1-2H3. The SMILES string of the molecule is CNCCOc1cccnc1CN(N)C(=O)c1cnc(-c2ncco2)c(-c2ccc3ncc(C)n3c2)n1. The maximum atomic E-state index is 13.3. The molecule has 0 radical (unpaired) electrons. The quantitative estimate of drug-likeness (QED) is 0.134. The van der Waals surface area contributed by atoms with Crippen molar-refractivity contribution in [2.24, 2.45) is 5.84 Å². The fraction of sp³-hybridized carbons (Fsp3) is 0.200. The first-order valence-corrected chi connectivity index (χ1v) is 11.5. The Morgan fingerprint density at radius 1 is 1.14 bits per heavy atom. The number of nitrogens with zero attached hydrogens (tertiary/aromatic N) is 7. The lowest BCUT2D eigenvalue weighted by atomic mass is 10.1. The number of hydrogen-bond acceptors (Lipinski definition) is 10. The van der Waals surface area contributed by atoms with Gasteiger partial charge in [0, 0.05) is 36.4 Å². The summed E-state index contributed by atoms with van der Waals surface area (Å²) in [5.74, 6) is 6.48. The van der Waals surface area contributed by atoms with E-state index in [9.17, 15) is 4.79 Å². The second-order valence-corrected chi connectivity index (χ2v) is 8.17. The monoisotopic (exact) mass is 499 g/mol. The number of aromatic nitrogens is 6. The third-order valence-corrected chi connectivity index (χ3v) is 5.63. The number of hydrogen-bond donors (Lipinski definition) is 2. The normalized spacial score (nSPS) is 11.1. The van der Waals surface area contributed by atoms with Crippen LogP contribution >= 0.6 is 0 Å². The molecule has 5 heterocycles. The second kappa shape index (κ2) is 10.5. The second-order valence-electron chi connectivity index (χ2n) is 8.17. The first-order valence-electron chi connectivity index (χ1n) is 11.5. The van der Waals surface area contributed by atoms with Gasteiger partial charge in [0.25, 0.3) is 5.91 Å². The number of amides is 1. The lowest BCUT2D eigenvalue weighted by Gasteiger charge is -2.18. The summed E-state index contributed by atoms with van der Waals surface area (Å²) in [6.45, 7) is 3.09. The number of nitrogens with two attached hydrogens (primary N) is 1. The van der Waals surface area contributed by atoms with Crippen LogP contribution in [0.1, 0.15) is 21.9 Å². The van der Waals surface area contributed by atoms with Gasteiger partial charge in [0.1, 0.15) is 41.3 Å². The van der Waals surface area contributed by atoms with Gasteiger partial charge >= 0.3 is 0 Å². The smallest absolute Gasteiger partial charge is 0.288 e. The van der Waals surface area contributed by atoms with Crippen molar-refractivity contribution in [3.05, 3.63) is 78.6 Å². The van der Waals surface area contributed by atoms with Gasteiger partial charge < -0.3 is 18.9 Å². The number of ether oxygens (including phenoxy) is 1. The Morgan fingerprint density at radius 3 is 2.84 bits per heavy atom. The van der Waals surface area contributed by atoms with Crippen molar-refractivity contribution >= 4 is 11.6 Å². The molecule has 0 aliphatic rings. The Morgan fingerprint density at radius 2 is 2.03 bits per heavy atom. The van der Waals surface area contributed by atoms with Crippen molar-refractivity contribution in [2.75, 3.05) is 20.2 Å². The number of carbonyl (C=O) groups is 1. The van der Waals surface area contributed by atoms with Gasteiger partial charge in [-0.2, -0.15) is 0 Å². The number of aryl methyl sites for hydroxylation is 1. The molecule has 12 heteroatoms. The molecule has 0 aromatic carbocycles. The molecule has 5 rings (SSSR count). The number of rotatable bonds is 9. The van der Waals surface area contributed by atoms with Crippen molar-refractivity contribution in [2.45, 2.75) is 13.5 Å². The van der Waals surface area contributed by atoms with Crippen molar-refractivity contribution in [3.63, 3.8) is 0 Å². The van der Waals surface area contributed by atoms with Crippen LogP contribution in [0.2, 0.25) is 0 Å². The molecule has 12 nitrogen and oxygen atoms in total. The Bertz CT molecular complexity index is 1530. The predicted molar refractivity (Wildman–Crippen MR) is 134 cm³/mol. The fourth-order valence-electron chi connectivity index (χ4n) is 3.75. The molecule has 3 N–H and O–H groups in total. The van der Waals surface area contributed by atoms with E-state index in [4.69, 9.17) is 15.0 Å². The molecule has 5 aromatic rings. The number of carbonyl (C=O) groups excluding carboxylic acids is 1. The van der Waals surface area contributed by atoms with Gasteiger partial charge in [0.15, 0.2) is 5.69 Å². The Kier molecular flexibility index (Phi) is 6.83. The molecule has 0 aliphatic heterocycles. The van der Waals surface area contributed by atoms with Crippen LogP contribution in [0.4, 0.5) is 0 Å². The third-order valence-electron chi connectivity index (χ3n) is 5.63. The summed E-state index contributed by atoms with van der Waals surface area (Å²) < 4.78 is 13.2. The molecule has 37 heavy (non-hydrogen) atoms. The van der Waals surface area contributed by atoms with E-state index in [0.29, 0.717) is 41.5 Å². The van der Waals surface area contributed by atoms with E-state index >= 15 is 0 Å². The van der Waals surface area contributed by atoms with Gasteiger partial charge in [0.05, 0.1) is 18.9 Å². The highest BCUT2D eigenvalue weighted by molar-refractivity contribution is 5.93. The van der Waals surface area contributed by atoms with Crippen LogP contribution in [0.15, 0.2) is 65.9 Å². The summed E-state index contributed by atoms with van der Waals surface area (Å²) in [7, 11) is 1.84. The Balaban J connectivity index is 1.47. The van der Waals surface area contributed by atoms with Crippen molar-refractivity contribution in [1.29, 1.82) is 0 Å². The van der Waals surface area contributed by atoms with Gasteiger partial charge in [0.2, 0.25) is 5.89 Å². The van der Waals surface area contributed by atoms with Gasteiger partial charge in [-0.25, -0.2) is 25.8 Å². The largest absolute Gasteiger partial charge is 0.490 e. The molecule has 0 aliphatic carbocycles. The number of nitrogens with one attached hydrogen (secondary N) is 1. The maximum absolute atomic E-state index is 13.3. The maximum Gasteiger partial charge on any atom is 0.288 e. The summed E-state index contributed by atoms with van der Waals surface area (Å²) in [5, 5.41) is 4.05. The molecule has 0 bridgehead atoms. The van der Waals surface area contributed by atoms with Crippen LogP contribution in [0.25, 0.3) is 28.5 Å². The Hall–Kier alpha value is -4.68. The van der Waals surface area contributed by atoms with E-state index in [-0.39, 0.29) is 18.1 Å². The molecule has 188 valence electrons. The van der Waals surface area contributed by atoms with E-state index in [0.717, 1.165) is 16.4 Å². The zero-order chi connectivity index (χ0) is 25.8. The molecular formula is C25H25N9O3. The molecule has 1 amide bonds. The van der Waals surface area contributed by atoms with Gasteiger partial charge in [-0.3, -0.25) is 14.8 Å². The van der Waals surface area contributed by atoms with Crippen LogP contribution in [-0.2, 0) is 6.54 Å². The van der Waals surface area contributed by atoms with E-state index in [1.165, 1.54) is 18.7 Å². The summed E-state index contributed by atoms with van der Waals surface area (Å²) in [6, 6.07) is 7.27. The van der Waals surface area contributed by atoms with Crippen molar-refractivity contribution < 1.29 is 13.9 Å². The summed E-state index contributed by atoms with van der Waals surface area (Å²) in [6.07, 6.45) is 9.61. The zero-order valence-electron chi connectivity index (χ0n) is 20.3. The van der Waals surface area contributed by atoms with Crippen molar-refractivity contribution in [3.8, 4) is 28.6 Å². The number of hydrazine groups is 1. The average molecular weight is 500 g/mol. The number of fused-ring (bicyclic) bond motifs is 1. The molecule has 0 saturated heterocycles. The Labute approximate surface area is 212 Å². The third kappa shape index (κ3) is 5.01. The van der Waals surface area contributed by atoms with E-state index in [2.05, 4.69) is 30.2 Å². The highest BCUT2D eigenvalue weighted by atomic mass is 16.5. The molecule has 0 fully saturated rings. The summed E-state index contributed by atoms with van der Waals surface area (Å²) >= 11 is 0. The lowest BCUT2D eigenvalue weighted by Crippen LogP contribution is -2.37. The molecule has 0 spiro atoms. The van der Waals surface area contributed by atoms with Crippen LogP contribution in [0, 0.1) is 6.92 Å². The van der Waals surface area contributed by atoms with Crippen molar-refractivity contribution in [1.82, 2.24) is 39.6 Å². The molecule has 5 aromatic heterocycles. The predicted octanol–water partition coefficient (Wildman–Crippen LogP) is 2.26. The topological polar surface area (TPSA) is 150 Å².